The molecule has 1 heterocycles. The minimum absolute atomic E-state index is 0.272. The van der Waals surface area contributed by atoms with Crippen molar-refractivity contribution in [2.24, 2.45) is 0 Å². The van der Waals surface area contributed by atoms with E-state index in [2.05, 4.69) is 0 Å². The van der Waals surface area contributed by atoms with E-state index in [1.54, 1.807) is 24.3 Å². The Balaban J connectivity index is 2.13. The Hall–Kier alpha value is -0.890. The number of benzene rings is 1. The van der Waals surface area contributed by atoms with Crippen molar-refractivity contribution in [1.82, 2.24) is 0 Å². The molecule has 106 valence electrons. The van der Waals surface area contributed by atoms with Crippen LogP contribution < -0.4 is 4.74 Å². The van der Waals surface area contributed by atoms with Crippen LogP contribution >= 0.6 is 11.6 Å². The van der Waals surface area contributed by atoms with Crippen molar-refractivity contribution in [3.63, 3.8) is 0 Å². The van der Waals surface area contributed by atoms with Crippen molar-refractivity contribution >= 4 is 11.6 Å². The van der Waals surface area contributed by atoms with Gasteiger partial charge in [-0.2, -0.15) is 0 Å². The van der Waals surface area contributed by atoms with E-state index < -0.39 is 37.3 Å². The van der Waals surface area contributed by atoms with Gasteiger partial charge < -0.3 is 29.9 Å². The molecule has 1 aromatic carbocycles. The van der Waals surface area contributed by atoms with Crippen LogP contribution in [0.3, 0.4) is 0 Å². The molecule has 5 atom stereocenters. The van der Waals surface area contributed by atoms with Crippen molar-refractivity contribution in [2.75, 3.05) is 6.61 Å². The molecule has 1 fully saturated rings. The maximum atomic E-state index is 9.79. The van der Waals surface area contributed by atoms with Crippen molar-refractivity contribution in [1.29, 1.82) is 0 Å². The highest BCUT2D eigenvalue weighted by Crippen LogP contribution is 2.28. The third-order valence-electron chi connectivity index (χ3n) is 2.93. The molecule has 2 rings (SSSR count). The normalized spacial score (nSPS) is 35.1. The smallest absolute Gasteiger partial charge is 0.229 e. The highest BCUT2D eigenvalue weighted by atomic mass is 35.5. The molecule has 4 unspecified atom stereocenters. The molecule has 1 saturated heterocycles. The van der Waals surface area contributed by atoms with Crippen LogP contribution in [0.25, 0.3) is 0 Å². The van der Waals surface area contributed by atoms with Gasteiger partial charge >= 0.3 is 0 Å². The highest BCUT2D eigenvalue weighted by Gasteiger charge is 2.44. The molecule has 1 aliphatic heterocycles. The molecule has 6 nitrogen and oxygen atoms in total. The number of ether oxygens (including phenoxy) is 2. The molecule has 0 radical (unpaired) electrons. The summed E-state index contributed by atoms with van der Waals surface area (Å²) in [6.45, 7) is -0.507. The van der Waals surface area contributed by atoms with E-state index in [9.17, 15) is 15.3 Å². The predicted octanol–water partition coefficient (Wildman–Crippen LogP) is -0.481. The van der Waals surface area contributed by atoms with Crippen molar-refractivity contribution in [2.45, 2.75) is 30.7 Å². The van der Waals surface area contributed by atoms with Gasteiger partial charge in [0.25, 0.3) is 0 Å². The fraction of sp³-hybridized carbons (Fsp3) is 0.500. The summed E-state index contributed by atoms with van der Waals surface area (Å²) in [6.07, 6.45) is -6.57. The number of rotatable bonds is 3. The zero-order valence-corrected chi connectivity index (χ0v) is 10.6. The van der Waals surface area contributed by atoms with E-state index in [0.717, 1.165) is 0 Å². The van der Waals surface area contributed by atoms with E-state index in [0.29, 0.717) is 5.02 Å². The predicted molar refractivity (Wildman–Crippen MR) is 65.8 cm³/mol. The number of hydrogen-bond acceptors (Lipinski definition) is 6. The molecule has 0 aromatic heterocycles. The molecule has 1 aliphatic rings. The first-order chi connectivity index (χ1) is 9.04. The first-order valence-corrected chi connectivity index (χ1v) is 6.14. The molecular formula is C12H15ClO6. The summed E-state index contributed by atoms with van der Waals surface area (Å²) in [4.78, 5) is 0. The monoisotopic (exact) mass is 290 g/mol. The van der Waals surface area contributed by atoms with Gasteiger partial charge in [0, 0.05) is 0 Å². The second kappa shape index (κ2) is 6.04. The number of aliphatic hydroxyl groups is 4. The summed E-state index contributed by atoms with van der Waals surface area (Å²) in [7, 11) is 0. The Labute approximate surface area is 114 Å². The van der Waals surface area contributed by atoms with E-state index in [1.165, 1.54) is 0 Å². The Morgan fingerprint density at radius 3 is 2.42 bits per heavy atom. The third kappa shape index (κ3) is 3.00. The van der Waals surface area contributed by atoms with Gasteiger partial charge in [-0.1, -0.05) is 23.7 Å². The number of para-hydroxylation sites is 1. The van der Waals surface area contributed by atoms with Gasteiger partial charge in [-0.25, -0.2) is 0 Å². The maximum absolute atomic E-state index is 9.79. The second-order valence-electron chi connectivity index (χ2n) is 4.25. The Morgan fingerprint density at radius 2 is 1.79 bits per heavy atom. The topological polar surface area (TPSA) is 99.4 Å². The molecular weight excluding hydrogens is 276 g/mol. The summed E-state index contributed by atoms with van der Waals surface area (Å²) in [5, 5.41) is 38.4. The van der Waals surface area contributed by atoms with E-state index >= 15 is 0 Å². The van der Waals surface area contributed by atoms with Crippen LogP contribution in [0.2, 0.25) is 5.02 Å². The van der Waals surface area contributed by atoms with Crippen molar-refractivity contribution in [3.05, 3.63) is 29.3 Å². The van der Waals surface area contributed by atoms with Crippen LogP contribution in [0, 0.1) is 0 Å². The first-order valence-electron chi connectivity index (χ1n) is 5.76. The highest BCUT2D eigenvalue weighted by molar-refractivity contribution is 6.32. The average Bonchev–Trinajstić information content (AvgIpc) is 2.41. The van der Waals surface area contributed by atoms with Crippen LogP contribution in [0.15, 0.2) is 24.3 Å². The van der Waals surface area contributed by atoms with E-state index in [-0.39, 0.29) is 5.75 Å². The van der Waals surface area contributed by atoms with Gasteiger partial charge in [-0.05, 0) is 12.1 Å². The fourth-order valence-electron chi connectivity index (χ4n) is 1.83. The molecule has 0 amide bonds. The minimum Gasteiger partial charge on any atom is -0.460 e. The lowest BCUT2D eigenvalue weighted by Gasteiger charge is -2.39. The van der Waals surface area contributed by atoms with Gasteiger partial charge in [0.2, 0.25) is 6.29 Å². The number of halogens is 1. The summed E-state index contributed by atoms with van der Waals surface area (Å²) < 4.78 is 10.6. The van der Waals surface area contributed by atoms with Gasteiger partial charge in [0.1, 0.15) is 30.2 Å². The van der Waals surface area contributed by atoms with E-state index in [4.69, 9.17) is 26.2 Å². The van der Waals surface area contributed by atoms with Crippen LogP contribution in [0.1, 0.15) is 0 Å². The molecule has 0 bridgehead atoms. The SMILES string of the molecule is OCC1OC(Oc2ccccc2Cl)C(O)[C@@H](O)C1O. The third-order valence-corrected chi connectivity index (χ3v) is 3.24. The zero-order chi connectivity index (χ0) is 14.0. The first kappa shape index (κ1) is 14.5. The Kier molecular flexibility index (Phi) is 4.62. The number of aliphatic hydroxyl groups excluding tert-OH is 4. The standard InChI is InChI=1S/C12H15ClO6/c13-6-3-1-2-4-7(6)18-12-11(17)10(16)9(15)8(5-14)19-12/h1-4,8-12,14-17H,5H2/t8?,9?,10-,11?,12?/m0/s1. The Morgan fingerprint density at radius 1 is 1.11 bits per heavy atom. The van der Waals surface area contributed by atoms with Crippen LogP contribution in [-0.4, -0.2) is 57.7 Å². The van der Waals surface area contributed by atoms with Gasteiger partial charge in [0.15, 0.2) is 0 Å². The Bertz CT molecular complexity index is 426. The second-order valence-corrected chi connectivity index (χ2v) is 4.65. The maximum Gasteiger partial charge on any atom is 0.229 e. The summed E-state index contributed by atoms with van der Waals surface area (Å²) in [6, 6.07) is 6.57. The average molecular weight is 291 g/mol. The van der Waals surface area contributed by atoms with Gasteiger partial charge in [0.05, 0.1) is 11.6 Å². The van der Waals surface area contributed by atoms with Crippen molar-refractivity contribution < 1.29 is 29.9 Å². The molecule has 19 heavy (non-hydrogen) atoms. The molecule has 7 heteroatoms. The lowest BCUT2D eigenvalue weighted by Crippen LogP contribution is -2.60. The zero-order valence-electron chi connectivity index (χ0n) is 9.89. The lowest BCUT2D eigenvalue weighted by molar-refractivity contribution is -0.277. The molecule has 0 spiro atoms. The van der Waals surface area contributed by atoms with E-state index in [1.807, 2.05) is 0 Å². The minimum atomic E-state index is -1.47. The summed E-state index contributed by atoms with van der Waals surface area (Å²) in [5.41, 5.74) is 0. The fourth-order valence-corrected chi connectivity index (χ4v) is 2.01. The molecule has 4 N–H and O–H groups in total. The molecule has 0 aliphatic carbocycles. The van der Waals surface area contributed by atoms with Gasteiger partial charge in [-0.15, -0.1) is 0 Å². The lowest BCUT2D eigenvalue weighted by atomic mass is 9.99. The molecule has 0 saturated carbocycles. The van der Waals surface area contributed by atoms with Crippen LogP contribution in [-0.2, 0) is 4.74 Å². The van der Waals surface area contributed by atoms with Crippen LogP contribution in [0.5, 0.6) is 5.75 Å². The summed E-state index contributed by atoms with van der Waals surface area (Å²) >= 11 is 5.90. The summed E-state index contributed by atoms with van der Waals surface area (Å²) in [5.74, 6) is 0.272. The van der Waals surface area contributed by atoms with Crippen LogP contribution in [0.4, 0.5) is 0 Å². The van der Waals surface area contributed by atoms with Crippen molar-refractivity contribution in [3.8, 4) is 5.75 Å². The quantitative estimate of drug-likeness (QED) is 0.600. The molecule has 1 aromatic rings. The van der Waals surface area contributed by atoms with Gasteiger partial charge in [-0.3, -0.25) is 0 Å². The largest absolute Gasteiger partial charge is 0.460 e. The number of hydrogen-bond donors (Lipinski definition) is 4.